The molecule has 5 rings (SSSR count). The molecule has 0 saturated heterocycles. The van der Waals surface area contributed by atoms with Gasteiger partial charge in [-0.1, -0.05) is 30.3 Å². The lowest BCUT2D eigenvalue weighted by molar-refractivity contribution is -0.120. The minimum Gasteiger partial charge on any atom is -0.359 e. The first-order chi connectivity index (χ1) is 17.0. The average molecular weight is 490 g/mol. The summed E-state index contributed by atoms with van der Waals surface area (Å²) in [5.41, 5.74) is 3.04. The number of carbonyl (C=O) groups excluding carboxylic acids is 4. The topological polar surface area (TPSA) is 112 Å². The van der Waals surface area contributed by atoms with Crippen molar-refractivity contribution in [2.75, 3.05) is 23.8 Å². The lowest BCUT2D eigenvalue weighted by Crippen LogP contribution is -2.48. The number of hydrogen-bond acceptors (Lipinski definition) is 6. The van der Waals surface area contributed by atoms with E-state index in [9.17, 15) is 19.2 Å². The van der Waals surface area contributed by atoms with Gasteiger partial charge in [0.1, 0.15) is 6.17 Å². The lowest BCUT2D eigenvalue weighted by Gasteiger charge is -2.41. The van der Waals surface area contributed by atoms with E-state index in [-0.39, 0.29) is 36.5 Å². The molecule has 2 N–H and O–H groups in total. The number of nitrogens with one attached hydrogen (secondary N) is 2. The summed E-state index contributed by atoms with van der Waals surface area (Å²) in [7, 11) is 1.56. The van der Waals surface area contributed by atoms with Gasteiger partial charge in [-0.25, -0.2) is 4.98 Å². The van der Waals surface area contributed by atoms with E-state index in [0.717, 1.165) is 5.56 Å². The normalized spacial score (nSPS) is 16.0. The van der Waals surface area contributed by atoms with E-state index in [1.54, 1.807) is 46.5 Å². The van der Waals surface area contributed by atoms with E-state index >= 15 is 0 Å². The Bertz CT molecular complexity index is 1340. The number of benzene rings is 2. The third-order valence-corrected chi connectivity index (χ3v) is 6.91. The van der Waals surface area contributed by atoms with Crippen molar-refractivity contribution in [2.45, 2.75) is 25.4 Å². The number of anilines is 2. The molecular weight excluding hydrogens is 466 g/mol. The minimum absolute atomic E-state index is 0.135. The fourth-order valence-corrected chi connectivity index (χ4v) is 5.22. The molecule has 178 valence electrons. The van der Waals surface area contributed by atoms with Crippen LogP contribution in [0.1, 0.15) is 51.0 Å². The van der Waals surface area contributed by atoms with Crippen LogP contribution in [0.2, 0.25) is 0 Å². The Morgan fingerprint density at radius 3 is 2.54 bits per heavy atom. The molecule has 10 heteroatoms. The number of amides is 4. The molecule has 2 aliphatic rings. The maximum Gasteiger partial charge on any atom is 0.260 e. The molecule has 1 atom stereocenters. The molecule has 4 amide bonds. The number of para-hydroxylation sites is 1. The minimum atomic E-state index is -0.532. The van der Waals surface area contributed by atoms with Crippen LogP contribution in [0.3, 0.4) is 0 Å². The highest BCUT2D eigenvalue weighted by Gasteiger charge is 2.47. The average Bonchev–Trinajstić information content (AvgIpc) is 3.43. The molecule has 3 heterocycles. The number of thiazole rings is 1. The summed E-state index contributed by atoms with van der Waals surface area (Å²) in [6.07, 6.45) is 0.213. The first kappa shape index (κ1) is 22.7. The van der Waals surface area contributed by atoms with Gasteiger partial charge in [-0.15, -0.1) is 11.3 Å². The third kappa shape index (κ3) is 4.17. The zero-order chi connectivity index (χ0) is 24.5. The SMILES string of the molecule is CNC(=O)Cc1csc(NC(=O)CCCN2C(=O)c3ccccc3N3C(=O)c4ccccc4[C@@H]23)n1. The van der Waals surface area contributed by atoms with E-state index in [0.29, 0.717) is 40.6 Å². The van der Waals surface area contributed by atoms with Crippen LogP contribution in [0.5, 0.6) is 0 Å². The van der Waals surface area contributed by atoms with E-state index < -0.39 is 6.17 Å². The van der Waals surface area contributed by atoms with Crippen molar-refractivity contribution in [2.24, 2.45) is 0 Å². The Labute approximate surface area is 205 Å². The largest absolute Gasteiger partial charge is 0.359 e. The Kier molecular flexibility index (Phi) is 6.04. The first-order valence-corrected chi connectivity index (χ1v) is 12.1. The van der Waals surface area contributed by atoms with Crippen molar-refractivity contribution < 1.29 is 19.2 Å². The second-order valence-corrected chi connectivity index (χ2v) is 9.16. The van der Waals surface area contributed by atoms with Gasteiger partial charge in [-0.2, -0.15) is 0 Å². The first-order valence-electron chi connectivity index (χ1n) is 11.2. The van der Waals surface area contributed by atoms with E-state index in [2.05, 4.69) is 15.6 Å². The highest BCUT2D eigenvalue weighted by Crippen LogP contribution is 2.45. The number of aromatic nitrogens is 1. The van der Waals surface area contributed by atoms with Crippen LogP contribution in [0.4, 0.5) is 10.8 Å². The van der Waals surface area contributed by atoms with Gasteiger partial charge in [-0.05, 0) is 24.6 Å². The van der Waals surface area contributed by atoms with Crippen LogP contribution in [-0.2, 0) is 16.0 Å². The van der Waals surface area contributed by atoms with Crippen molar-refractivity contribution >= 4 is 45.8 Å². The van der Waals surface area contributed by atoms with E-state index in [4.69, 9.17) is 0 Å². The molecule has 1 aromatic heterocycles. The van der Waals surface area contributed by atoms with Crippen LogP contribution >= 0.6 is 11.3 Å². The van der Waals surface area contributed by atoms with Crippen LogP contribution in [-0.4, -0.2) is 47.1 Å². The predicted octanol–water partition coefficient (Wildman–Crippen LogP) is 2.97. The van der Waals surface area contributed by atoms with Gasteiger partial charge < -0.3 is 15.5 Å². The number of fused-ring (bicyclic) bond motifs is 5. The highest BCUT2D eigenvalue weighted by atomic mass is 32.1. The molecule has 0 unspecified atom stereocenters. The molecule has 0 radical (unpaired) electrons. The van der Waals surface area contributed by atoms with E-state index in [1.165, 1.54) is 11.3 Å². The van der Waals surface area contributed by atoms with Crippen LogP contribution in [0.25, 0.3) is 0 Å². The molecule has 0 bridgehead atoms. The summed E-state index contributed by atoms with van der Waals surface area (Å²) in [5, 5.41) is 7.46. The molecule has 0 aliphatic carbocycles. The Morgan fingerprint density at radius 2 is 1.74 bits per heavy atom. The molecule has 9 nitrogen and oxygen atoms in total. The maximum absolute atomic E-state index is 13.4. The Hall–Kier alpha value is -4.05. The fraction of sp³-hybridized carbons (Fsp3) is 0.240. The van der Waals surface area contributed by atoms with Crippen LogP contribution < -0.4 is 15.5 Å². The van der Waals surface area contributed by atoms with Crippen molar-refractivity contribution in [3.63, 3.8) is 0 Å². The van der Waals surface area contributed by atoms with Crippen LogP contribution in [0, 0.1) is 0 Å². The quantitative estimate of drug-likeness (QED) is 0.530. The highest BCUT2D eigenvalue weighted by molar-refractivity contribution is 7.13. The Morgan fingerprint density at radius 1 is 1.00 bits per heavy atom. The standard InChI is InChI=1S/C25H23N5O4S/c1-26-21(32)13-15-14-35-25(27-15)28-20(31)11-6-12-29-22-16-7-2-3-8-17(16)24(34)30(22)19-10-5-4-9-18(19)23(29)33/h2-5,7-10,14,22H,6,11-13H2,1H3,(H,26,32)(H,27,28,31)/t22-/m0/s1. The number of nitrogens with zero attached hydrogens (tertiary/aromatic N) is 3. The number of hydrogen-bond donors (Lipinski definition) is 2. The summed E-state index contributed by atoms with van der Waals surface area (Å²) < 4.78 is 0. The van der Waals surface area contributed by atoms with Gasteiger partial charge in [0.2, 0.25) is 11.8 Å². The van der Waals surface area contributed by atoms with Gasteiger partial charge in [0.05, 0.1) is 23.4 Å². The molecular formula is C25H23N5O4S. The second kappa shape index (κ2) is 9.30. The Balaban J connectivity index is 1.29. The van der Waals surface area contributed by atoms with Crippen molar-refractivity contribution in [3.05, 3.63) is 76.3 Å². The number of carbonyl (C=O) groups is 4. The zero-order valence-electron chi connectivity index (χ0n) is 19.0. The molecule has 3 aromatic rings. The summed E-state index contributed by atoms with van der Waals surface area (Å²) in [6, 6.07) is 14.4. The summed E-state index contributed by atoms with van der Waals surface area (Å²) in [6.45, 7) is 0.309. The number of rotatable bonds is 7. The molecule has 2 aliphatic heterocycles. The van der Waals surface area contributed by atoms with Gasteiger partial charge in [0.15, 0.2) is 5.13 Å². The van der Waals surface area contributed by atoms with Gasteiger partial charge in [0, 0.05) is 36.5 Å². The number of likely N-dealkylation sites (N-methyl/N-ethyl adjacent to an activating group) is 1. The lowest BCUT2D eigenvalue weighted by atomic mass is 10.0. The molecule has 0 spiro atoms. The van der Waals surface area contributed by atoms with E-state index in [1.807, 2.05) is 24.3 Å². The zero-order valence-corrected chi connectivity index (χ0v) is 19.8. The van der Waals surface area contributed by atoms with Gasteiger partial charge >= 0.3 is 0 Å². The second-order valence-electron chi connectivity index (χ2n) is 8.30. The maximum atomic E-state index is 13.4. The predicted molar refractivity (Wildman–Crippen MR) is 131 cm³/mol. The fourth-order valence-electron chi connectivity index (χ4n) is 4.49. The van der Waals surface area contributed by atoms with Crippen molar-refractivity contribution in [3.8, 4) is 0 Å². The smallest absolute Gasteiger partial charge is 0.260 e. The summed E-state index contributed by atoms with van der Waals surface area (Å²) in [5.74, 6) is -0.674. The summed E-state index contributed by atoms with van der Waals surface area (Å²) >= 11 is 1.26. The van der Waals surface area contributed by atoms with Gasteiger partial charge in [-0.3, -0.25) is 24.1 Å². The molecule has 0 fully saturated rings. The summed E-state index contributed by atoms with van der Waals surface area (Å²) in [4.78, 5) is 58.2. The molecule has 0 saturated carbocycles. The van der Waals surface area contributed by atoms with Crippen molar-refractivity contribution in [1.82, 2.24) is 15.2 Å². The van der Waals surface area contributed by atoms with Gasteiger partial charge in [0.25, 0.3) is 11.8 Å². The third-order valence-electron chi connectivity index (χ3n) is 6.10. The van der Waals surface area contributed by atoms with Crippen molar-refractivity contribution in [1.29, 1.82) is 0 Å². The molecule has 2 aromatic carbocycles. The monoisotopic (exact) mass is 489 g/mol. The molecule has 35 heavy (non-hydrogen) atoms. The van der Waals surface area contributed by atoms with Crippen LogP contribution in [0.15, 0.2) is 53.9 Å².